The molecule has 4 aromatic heterocycles. The quantitative estimate of drug-likeness (QED) is 0.483. The fourth-order valence-corrected chi connectivity index (χ4v) is 5.27. The molecule has 0 aromatic carbocycles. The number of hydrogen-bond donors (Lipinski definition) is 1. The molecule has 1 atom stereocenters. The number of carbonyl (C=O) groups excluding carboxylic acids is 2. The molecule has 1 unspecified atom stereocenters. The molecule has 0 bridgehead atoms. The van der Waals surface area contributed by atoms with Gasteiger partial charge in [-0.3, -0.25) is 9.59 Å². The van der Waals surface area contributed by atoms with Crippen molar-refractivity contribution in [1.29, 1.82) is 0 Å². The van der Waals surface area contributed by atoms with Crippen LogP contribution in [0.4, 0.5) is 5.13 Å². The topological polar surface area (TPSA) is 93.0 Å². The van der Waals surface area contributed by atoms with Crippen molar-refractivity contribution in [2.24, 2.45) is 5.92 Å². The average Bonchev–Trinajstić information content (AvgIpc) is 3.57. The van der Waals surface area contributed by atoms with Crippen molar-refractivity contribution in [3.63, 3.8) is 0 Å². The molecule has 4 aromatic rings. The number of likely N-dealkylation sites (tertiary alicyclic amines) is 1. The highest BCUT2D eigenvalue weighted by Gasteiger charge is 2.30. The summed E-state index contributed by atoms with van der Waals surface area (Å²) in [6, 6.07) is 5.89. The summed E-state index contributed by atoms with van der Waals surface area (Å²) in [5.41, 5.74) is 2.06. The normalized spacial score (nSPS) is 16.4. The maximum Gasteiger partial charge on any atom is 0.254 e. The molecule has 0 saturated carbocycles. The number of amides is 2. The smallest absolute Gasteiger partial charge is 0.254 e. The molecule has 164 valence electrons. The minimum absolute atomic E-state index is 0.0806. The van der Waals surface area contributed by atoms with E-state index in [4.69, 9.17) is 0 Å². The lowest BCUT2D eigenvalue weighted by molar-refractivity contribution is -0.121. The van der Waals surface area contributed by atoms with Crippen LogP contribution >= 0.6 is 22.7 Å². The zero-order chi connectivity index (χ0) is 22.1. The molecule has 0 spiro atoms. The predicted octanol–water partition coefficient (Wildman–Crippen LogP) is 3.80. The fraction of sp³-hybridized carbons (Fsp3) is 0.318. The van der Waals surface area contributed by atoms with Gasteiger partial charge < -0.3 is 10.2 Å². The predicted molar refractivity (Wildman–Crippen MR) is 125 cm³/mol. The van der Waals surface area contributed by atoms with Gasteiger partial charge in [-0.05, 0) is 37.3 Å². The number of piperidine rings is 1. The van der Waals surface area contributed by atoms with Crippen LogP contribution in [0.3, 0.4) is 0 Å². The second-order valence-corrected chi connectivity index (χ2v) is 9.77. The zero-order valence-corrected chi connectivity index (χ0v) is 19.2. The number of thiazole rings is 1. The Labute approximate surface area is 192 Å². The first kappa shape index (κ1) is 20.8. The van der Waals surface area contributed by atoms with E-state index in [1.807, 2.05) is 34.5 Å². The monoisotopic (exact) mass is 466 g/mol. The van der Waals surface area contributed by atoms with Gasteiger partial charge in [0.2, 0.25) is 5.91 Å². The highest BCUT2D eigenvalue weighted by Crippen LogP contribution is 2.25. The number of aromatic nitrogens is 4. The second-order valence-electron chi connectivity index (χ2n) is 7.85. The molecule has 0 radical (unpaired) electrons. The Morgan fingerprint density at radius 3 is 2.97 bits per heavy atom. The first-order valence-electron chi connectivity index (χ1n) is 10.4. The molecule has 10 heteroatoms. The van der Waals surface area contributed by atoms with E-state index in [0.717, 1.165) is 23.9 Å². The number of fused-ring (bicyclic) bond motifs is 1. The molecular formula is C22H22N6O2S2. The molecule has 1 aliphatic rings. The van der Waals surface area contributed by atoms with E-state index in [2.05, 4.69) is 26.4 Å². The molecule has 5 heterocycles. The van der Waals surface area contributed by atoms with Gasteiger partial charge in [0.25, 0.3) is 5.91 Å². The highest BCUT2D eigenvalue weighted by atomic mass is 32.1. The number of rotatable bonds is 5. The number of pyridine rings is 1. The first-order chi connectivity index (χ1) is 15.6. The molecule has 0 aliphatic carbocycles. The third kappa shape index (κ3) is 4.15. The van der Waals surface area contributed by atoms with Gasteiger partial charge in [-0.1, -0.05) is 6.07 Å². The van der Waals surface area contributed by atoms with E-state index in [0.29, 0.717) is 36.0 Å². The summed E-state index contributed by atoms with van der Waals surface area (Å²) in [5, 5.41) is 12.6. The van der Waals surface area contributed by atoms with Crippen LogP contribution in [0.1, 0.15) is 33.8 Å². The minimum atomic E-state index is -0.253. The van der Waals surface area contributed by atoms with E-state index < -0.39 is 0 Å². The van der Waals surface area contributed by atoms with Gasteiger partial charge in [0.05, 0.1) is 29.6 Å². The Morgan fingerprint density at radius 1 is 1.28 bits per heavy atom. The number of nitrogens with zero attached hydrogens (tertiary/aromatic N) is 5. The third-order valence-corrected chi connectivity index (χ3v) is 7.14. The summed E-state index contributed by atoms with van der Waals surface area (Å²) in [6.07, 6.45) is 4.92. The Kier molecular flexibility index (Phi) is 5.71. The second kappa shape index (κ2) is 8.79. The van der Waals surface area contributed by atoms with E-state index in [-0.39, 0.29) is 17.7 Å². The SMILES string of the molecule is Cc1cc(C(=O)N2CCCC(C(=O)Nc3nccs3)C2)c2cnn(Cc3cccs3)c2n1. The van der Waals surface area contributed by atoms with Crippen LogP contribution in [-0.2, 0) is 11.3 Å². The van der Waals surface area contributed by atoms with Crippen molar-refractivity contribution >= 4 is 50.7 Å². The summed E-state index contributed by atoms with van der Waals surface area (Å²) in [6.45, 7) is 3.53. The third-order valence-electron chi connectivity index (χ3n) is 5.60. The maximum atomic E-state index is 13.5. The van der Waals surface area contributed by atoms with Crippen molar-refractivity contribution in [2.75, 3.05) is 18.4 Å². The van der Waals surface area contributed by atoms with Gasteiger partial charge in [0, 0.05) is 35.2 Å². The number of aryl methyl sites for hydroxylation is 1. The van der Waals surface area contributed by atoms with E-state index in [1.165, 1.54) is 16.2 Å². The Hall–Kier alpha value is -3.11. The number of hydrogen-bond acceptors (Lipinski definition) is 7. The Balaban J connectivity index is 1.38. The summed E-state index contributed by atoms with van der Waals surface area (Å²) in [7, 11) is 0. The summed E-state index contributed by atoms with van der Waals surface area (Å²) >= 11 is 3.05. The molecule has 5 rings (SSSR count). The molecule has 1 aliphatic heterocycles. The van der Waals surface area contributed by atoms with Gasteiger partial charge in [-0.15, -0.1) is 22.7 Å². The number of nitrogens with one attached hydrogen (secondary N) is 1. The van der Waals surface area contributed by atoms with Crippen molar-refractivity contribution in [2.45, 2.75) is 26.3 Å². The molecule has 2 amide bonds. The van der Waals surface area contributed by atoms with Crippen LogP contribution in [0.2, 0.25) is 0 Å². The summed E-state index contributed by atoms with van der Waals surface area (Å²) in [5.74, 6) is -0.420. The van der Waals surface area contributed by atoms with Gasteiger partial charge in [0.15, 0.2) is 10.8 Å². The van der Waals surface area contributed by atoms with E-state index in [1.54, 1.807) is 28.6 Å². The lowest BCUT2D eigenvalue weighted by Crippen LogP contribution is -2.43. The van der Waals surface area contributed by atoms with Gasteiger partial charge in [-0.2, -0.15) is 5.10 Å². The minimum Gasteiger partial charge on any atom is -0.338 e. The lowest BCUT2D eigenvalue weighted by Gasteiger charge is -2.32. The van der Waals surface area contributed by atoms with E-state index >= 15 is 0 Å². The van der Waals surface area contributed by atoms with Gasteiger partial charge >= 0.3 is 0 Å². The van der Waals surface area contributed by atoms with Crippen LogP contribution in [0, 0.1) is 12.8 Å². The van der Waals surface area contributed by atoms with Gasteiger partial charge in [-0.25, -0.2) is 14.6 Å². The number of carbonyl (C=O) groups is 2. The molecular weight excluding hydrogens is 444 g/mol. The molecule has 32 heavy (non-hydrogen) atoms. The molecule has 1 saturated heterocycles. The van der Waals surface area contributed by atoms with Crippen molar-refractivity contribution in [3.8, 4) is 0 Å². The number of anilines is 1. The van der Waals surface area contributed by atoms with Gasteiger partial charge in [0.1, 0.15) is 0 Å². The van der Waals surface area contributed by atoms with Crippen molar-refractivity contribution < 1.29 is 9.59 Å². The fourth-order valence-electron chi connectivity index (χ4n) is 4.05. The molecule has 1 N–H and O–H groups in total. The van der Waals surface area contributed by atoms with Crippen LogP contribution in [0.15, 0.2) is 41.4 Å². The number of thiophene rings is 1. The van der Waals surface area contributed by atoms with Crippen LogP contribution in [-0.4, -0.2) is 49.6 Å². The molecule has 8 nitrogen and oxygen atoms in total. The van der Waals surface area contributed by atoms with Crippen molar-refractivity contribution in [3.05, 3.63) is 57.5 Å². The van der Waals surface area contributed by atoms with Crippen LogP contribution in [0.25, 0.3) is 11.0 Å². The van der Waals surface area contributed by atoms with Crippen molar-refractivity contribution in [1.82, 2.24) is 24.6 Å². The standard InChI is InChI=1S/C22H22N6O2S2/c1-14-10-17(18-11-24-28(19(18)25-14)13-16-5-3-8-31-16)21(30)27-7-2-4-15(12-27)20(29)26-22-23-6-9-32-22/h3,5-6,8-11,15H,2,4,7,12-13H2,1H3,(H,23,26,29). The summed E-state index contributed by atoms with van der Waals surface area (Å²) < 4.78 is 1.84. The van der Waals surface area contributed by atoms with Crippen LogP contribution in [0.5, 0.6) is 0 Å². The molecule has 1 fully saturated rings. The maximum absolute atomic E-state index is 13.5. The zero-order valence-electron chi connectivity index (χ0n) is 17.5. The Bertz CT molecular complexity index is 1250. The Morgan fingerprint density at radius 2 is 2.19 bits per heavy atom. The summed E-state index contributed by atoms with van der Waals surface area (Å²) in [4.78, 5) is 37.9. The lowest BCUT2D eigenvalue weighted by atomic mass is 9.96. The van der Waals surface area contributed by atoms with Crippen LogP contribution < -0.4 is 5.32 Å². The average molecular weight is 467 g/mol. The highest BCUT2D eigenvalue weighted by molar-refractivity contribution is 7.13. The van der Waals surface area contributed by atoms with E-state index in [9.17, 15) is 9.59 Å². The first-order valence-corrected chi connectivity index (χ1v) is 12.2. The largest absolute Gasteiger partial charge is 0.338 e.